The van der Waals surface area contributed by atoms with E-state index in [1.165, 1.54) is 17.8 Å². The molecule has 1 aliphatic heterocycles. The molecule has 0 aliphatic carbocycles. The van der Waals surface area contributed by atoms with Gasteiger partial charge in [0.1, 0.15) is 5.76 Å². The molecule has 1 aliphatic rings. The van der Waals surface area contributed by atoms with Gasteiger partial charge < -0.3 is 19.4 Å². The standard InChI is InChI=1S/C24H15Cl2N3O4S/c25-17-7-5-14(10-18(17)26)27-24-28-22(30)21(34-24)9-13-11-29(19-4-2-1-3-16(13)19)12-15-6-8-20(33-15)23(31)32/h1-11H,12H2,(H,31,32)(H,27,28,30)/b21-9-. The highest BCUT2D eigenvalue weighted by atomic mass is 35.5. The molecule has 0 saturated carbocycles. The Morgan fingerprint density at radius 1 is 1.15 bits per heavy atom. The van der Waals surface area contributed by atoms with E-state index >= 15 is 0 Å². The fourth-order valence-electron chi connectivity index (χ4n) is 3.56. The Kier molecular flexibility index (Phi) is 5.95. The molecule has 4 aromatic rings. The topological polar surface area (TPSA) is 96.8 Å². The van der Waals surface area contributed by atoms with Crippen molar-refractivity contribution in [1.82, 2.24) is 9.88 Å². The molecule has 2 aromatic heterocycles. The van der Waals surface area contributed by atoms with E-state index < -0.39 is 5.97 Å². The molecular formula is C24H15Cl2N3O4S. The number of carboxylic acid groups (broad SMARTS) is 1. The van der Waals surface area contributed by atoms with E-state index in [0.717, 1.165) is 16.5 Å². The Balaban J connectivity index is 1.45. The van der Waals surface area contributed by atoms with Crippen molar-refractivity contribution in [3.8, 4) is 0 Å². The van der Waals surface area contributed by atoms with Crippen molar-refractivity contribution < 1.29 is 19.1 Å². The maximum Gasteiger partial charge on any atom is 0.371 e. The summed E-state index contributed by atoms with van der Waals surface area (Å²) in [5, 5.41) is 14.1. The first-order valence-electron chi connectivity index (χ1n) is 10.0. The van der Waals surface area contributed by atoms with Crippen molar-refractivity contribution in [2.24, 2.45) is 4.99 Å². The number of para-hydroxylation sites is 1. The van der Waals surface area contributed by atoms with Crippen molar-refractivity contribution in [3.63, 3.8) is 0 Å². The number of amidine groups is 1. The molecule has 0 spiro atoms. The van der Waals surface area contributed by atoms with Gasteiger partial charge in [0, 0.05) is 22.7 Å². The first-order chi connectivity index (χ1) is 16.4. The van der Waals surface area contributed by atoms with Crippen molar-refractivity contribution in [3.05, 3.63) is 92.8 Å². The molecule has 7 nitrogen and oxygen atoms in total. The summed E-state index contributed by atoms with van der Waals surface area (Å²) < 4.78 is 7.36. The number of carbonyl (C=O) groups is 2. The van der Waals surface area contributed by atoms with E-state index in [9.17, 15) is 9.59 Å². The van der Waals surface area contributed by atoms with Gasteiger partial charge in [-0.1, -0.05) is 41.4 Å². The molecule has 170 valence electrons. The number of hydrogen-bond acceptors (Lipinski definition) is 5. The lowest BCUT2D eigenvalue weighted by Crippen LogP contribution is -2.19. The Labute approximate surface area is 207 Å². The van der Waals surface area contributed by atoms with Gasteiger partial charge in [-0.15, -0.1) is 0 Å². The first kappa shape index (κ1) is 22.3. The highest BCUT2D eigenvalue weighted by molar-refractivity contribution is 8.18. The van der Waals surface area contributed by atoms with E-state index in [1.54, 1.807) is 30.3 Å². The maximum absolute atomic E-state index is 12.6. The van der Waals surface area contributed by atoms with Crippen molar-refractivity contribution >= 4 is 74.7 Å². The normalized spacial score (nSPS) is 16.0. The summed E-state index contributed by atoms with van der Waals surface area (Å²) in [6.45, 7) is 0.348. The van der Waals surface area contributed by atoms with Crippen LogP contribution in [0.1, 0.15) is 21.9 Å². The summed E-state index contributed by atoms with van der Waals surface area (Å²) in [4.78, 5) is 28.6. The molecule has 0 unspecified atom stereocenters. The zero-order valence-electron chi connectivity index (χ0n) is 17.3. The van der Waals surface area contributed by atoms with Crippen LogP contribution in [0.2, 0.25) is 10.0 Å². The summed E-state index contributed by atoms with van der Waals surface area (Å²) in [5.74, 6) is -0.961. The number of amides is 1. The third-order valence-corrected chi connectivity index (χ3v) is 6.74. The molecule has 2 aromatic carbocycles. The second-order valence-corrected chi connectivity index (χ2v) is 9.23. The summed E-state index contributed by atoms with van der Waals surface area (Å²) in [5.41, 5.74) is 2.35. The van der Waals surface area contributed by atoms with Gasteiger partial charge in [-0.3, -0.25) is 4.79 Å². The van der Waals surface area contributed by atoms with E-state index in [2.05, 4.69) is 10.3 Å². The van der Waals surface area contributed by atoms with Crippen LogP contribution in [0.3, 0.4) is 0 Å². The van der Waals surface area contributed by atoms with Gasteiger partial charge >= 0.3 is 5.97 Å². The van der Waals surface area contributed by atoms with Crippen molar-refractivity contribution in [1.29, 1.82) is 0 Å². The van der Waals surface area contributed by atoms with Crippen LogP contribution in [0.4, 0.5) is 5.69 Å². The van der Waals surface area contributed by atoms with E-state index in [4.69, 9.17) is 32.7 Å². The lowest BCUT2D eigenvalue weighted by atomic mass is 10.1. The molecule has 0 radical (unpaired) electrons. The Morgan fingerprint density at radius 2 is 1.97 bits per heavy atom. The third-order valence-electron chi connectivity index (χ3n) is 5.09. The lowest BCUT2D eigenvalue weighted by molar-refractivity contribution is -0.115. The van der Waals surface area contributed by atoms with Crippen LogP contribution in [-0.2, 0) is 11.3 Å². The van der Waals surface area contributed by atoms with Crippen molar-refractivity contribution in [2.75, 3.05) is 0 Å². The number of fused-ring (bicyclic) bond motifs is 1. The van der Waals surface area contributed by atoms with E-state index in [0.29, 0.717) is 38.1 Å². The zero-order chi connectivity index (χ0) is 23.8. The predicted octanol–water partition coefficient (Wildman–Crippen LogP) is 6.18. The minimum Gasteiger partial charge on any atom is -0.475 e. The molecule has 0 atom stereocenters. The minimum absolute atomic E-state index is 0.110. The molecule has 0 bridgehead atoms. The second kappa shape index (κ2) is 9.06. The van der Waals surface area contributed by atoms with Crippen molar-refractivity contribution in [2.45, 2.75) is 6.54 Å². The largest absolute Gasteiger partial charge is 0.475 e. The summed E-state index contributed by atoms with van der Waals surface area (Å²) >= 11 is 13.2. The number of carbonyl (C=O) groups excluding carboxylic acids is 1. The van der Waals surface area contributed by atoms with E-state index in [1.807, 2.05) is 35.0 Å². The average Bonchev–Trinajstić information content (AvgIpc) is 3.50. The van der Waals surface area contributed by atoms with Crippen LogP contribution in [0.5, 0.6) is 0 Å². The molecule has 1 amide bonds. The Hall–Kier alpha value is -3.46. The van der Waals surface area contributed by atoms with Crippen LogP contribution in [0, 0.1) is 0 Å². The third kappa shape index (κ3) is 4.48. The fraction of sp³-hybridized carbons (Fsp3) is 0.0417. The number of rotatable bonds is 5. The Bertz CT molecular complexity index is 1520. The fourth-order valence-corrected chi connectivity index (χ4v) is 4.69. The average molecular weight is 512 g/mol. The molecule has 10 heteroatoms. The van der Waals surface area contributed by atoms with Crippen LogP contribution in [0.15, 0.2) is 75.1 Å². The number of carboxylic acids is 1. The SMILES string of the molecule is O=C1NC(=Nc2ccc(Cl)c(Cl)c2)S/C1=C\c1cn(Cc2ccc(C(=O)O)o2)c2ccccc12. The number of nitrogens with zero attached hydrogens (tertiary/aromatic N) is 2. The van der Waals surface area contributed by atoms with Gasteiger partial charge in [0.15, 0.2) is 5.17 Å². The summed E-state index contributed by atoms with van der Waals surface area (Å²) in [7, 11) is 0. The molecule has 1 fully saturated rings. The molecule has 3 heterocycles. The number of furan rings is 1. The number of aliphatic imine (C=N–C) groups is 1. The monoisotopic (exact) mass is 511 g/mol. The van der Waals surface area contributed by atoms with E-state index in [-0.39, 0.29) is 11.7 Å². The van der Waals surface area contributed by atoms with Gasteiger partial charge in [0.2, 0.25) is 5.76 Å². The number of benzene rings is 2. The summed E-state index contributed by atoms with van der Waals surface area (Å²) in [6.07, 6.45) is 3.71. The van der Waals surface area contributed by atoms with Crippen LogP contribution >= 0.6 is 35.0 Å². The molecule has 5 rings (SSSR count). The van der Waals surface area contributed by atoms with Gasteiger partial charge in [0.05, 0.1) is 27.2 Å². The smallest absolute Gasteiger partial charge is 0.371 e. The number of halogens is 2. The number of hydrogen-bond donors (Lipinski definition) is 2. The highest BCUT2D eigenvalue weighted by Gasteiger charge is 2.24. The zero-order valence-corrected chi connectivity index (χ0v) is 19.6. The number of aromatic nitrogens is 1. The minimum atomic E-state index is -1.11. The van der Waals surface area contributed by atoms with Crippen LogP contribution in [-0.4, -0.2) is 26.7 Å². The summed E-state index contributed by atoms with van der Waals surface area (Å²) in [6, 6.07) is 15.8. The maximum atomic E-state index is 12.6. The van der Waals surface area contributed by atoms with Gasteiger partial charge in [-0.05, 0) is 54.2 Å². The predicted molar refractivity (Wildman–Crippen MR) is 134 cm³/mol. The lowest BCUT2D eigenvalue weighted by Gasteiger charge is -2.02. The van der Waals surface area contributed by atoms with Crippen LogP contribution < -0.4 is 5.32 Å². The first-order valence-corrected chi connectivity index (χ1v) is 11.6. The highest BCUT2D eigenvalue weighted by Crippen LogP contribution is 2.33. The quantitative estimate of drug-likeness (QED) is 0.312. The molecule has 1 saturated heterocycles. The number of nitrogens with one attached hydrogen (secondary N) is 1. The number of aromatic carboxylic acids is 1. The molecule has 34 heavy (non-hydrogen) atoms. The van der Waals surface area contributed by atoms with Gasteiger partial charge in [0.25, 0.3) is 5.91 Å². The second-order valence-electron chi connectivity index (χ2n) is 7.38. The van der Waals surface area contributed by atoms with Gasteiger partial charge in [-0.25, -0.2) is 9.79 Å². The van der Waals surface area contributed by atoms with Gasteiger partial charge in [-0.2, -0.15) is 0 Å². The van der Waals surface area contributed by atoms with Crippen LogP contribution in [0.25, 0.3) is 17.0 Å². The molecular weight excluding hydrogens is 497 g/mol. The number of thioether (sulfide) groups is 1. The Morgan fingerprint density at radius 3 is 2.74 bits per heavy atom. The molecule has 2 N–H and O–H groups in total.